The van der Waals surface area contributed by atoms with E-state index in [9.17, 15) is 9.59 Å². The third-order valence-corrected chi connectivity index (χ3v) is 7.10. The molecule has 7 heteroatoms. The Bertz CT molecular complexity index is 909. The van der Waals surface area contributed by atoms with Crippen LogP contribution in [0, 0.1) is 0 Å². The van der Waals surface area contributed by atoms with Crippen molar-refractivity contribution in [1.82, 2.24) is 9.80 Å². The Labute approximate surface area is 174 Å². The van der Waals surface area contributed by atoms with Gasteiger partial charge >= 0.3 is 0 Å². The van der Waals surface area contributed by atoms with Gasteiger partial charge in [-0.1, -0.05) is 12.1 Å². The summed E-state index contributed by atoms with van der Waals surface area (Å²) in [5.74, 6) is 1.30. The van der Waals surface area contributed by atoms with E-state index in [1.807, 2.05) is 29.2 Å². The number of aryl methyl sites for hydroxylation is 2. The molecule has 1 atom stereocenters. The Kier molecular flexibility index (Phi) is 4.91. The molecule has 0 saturated carbocycles. The van der Waals surface area contributed by atoms with Gasteiger partial charge in [-0.2, -0.15) is 0 Å². The summed E-state index contributed by atoms with van der Waals surface area (Å²) in [7, 11) is 0. The minimum Gasteiger partial charge on any atom is -0.485 e. The maximum Gasteiger partial charge on any atom is 0.267 e. The molecule has 0 spiro atoms. The molecule has 152 valence electrons. The van der Waals surface area contributed by atoms with Gasteiger partial charge in [-0.15, -0.1) is 11.3 Å². The Morgan fingerprint density at radius 2 is 1.69 bits per heavy atom. The van der Waals surface area contributed by atoms with Crippen LogP contribution in [0.4, 0.5) is 0 Å². The molecule has 5 rings (SSSR count). The van der Waals surface area contributed by atoms with Crippen LogP contribution in [0.25, 0.3) is 0 Å². The SMILES string of the molecule is O=C(c1cc2c(s1)CCCC2)N1CCN(C(=O)[C@H]2COc3ccccc3O2)CC1. The van der Waals surface area contributed by atoms with Crippen LogP contribution in [0.5, 0.6) is 11.5 Å². The van der Waals surface area contributed by atoms with Crippen LogP contribution in [-0.4, -0.2) is 60.5 Å². The second kappa shape index (κ2) is 7.71. The predicted molar refractivity (Wildman–Crippen MR) is 110 cm³/mol. The second-order valence-electron chi connectivity index (χ2n) is 7.75. The van der Waals surface area contributed by atoms with Gasteiger partial charge in [0, 0.05) is 31.1 Å². The van der Waals surface area contributed by atoms with E-state index in [-0.39, 0.29) is 18.4 Å². The molecule has 0 unspecified atom stereocenters. The van der Waals surface area contributed by atoms with Crippen molar-refractivity contribution in [3.8, 4) is 11.5 Å². The minimum atomic E-state index is -0.629. The first-order valence-electron chi connectivity index (χ1n) is 10.3. The van der Waals surface area contributed by atoms with Crippen LogP contribution in [0.15, 0.2) is 30.3 Å². The third kappa shape index (κ3) is 3.59. The molecule has 1 fully saturated rings. The van der Waals surface area contributed by atoms with Gasteiger partial charge in [-0.05, 0) is 49.4 Å². The maximum atomic E-state index is 12.9. The highest BCUT2D eigenvalue weighted by Crippen LogP contribution is 2.32. The quantitative estimate of drug-likeness (QED) is 0.761. The normalized spacial score (nSPS) is 20.9. The number of piperazine rings is 1. The van der Waals surface area contributed by atoms with Crippen LogP contribution in [0.3, 0.4) is 0 Å². The van der Waals surface area contributed by atoms with Crippen molar-refractivity contribution in [2.75, 3.05) is 32.8 Å². The molecule has 2 aliphatic heterocycles. The molecule has 0 bridgehead atoms. The molecule has 3 heterocycles. The van der Waals surface area contributed by atoms with Gasteiger partial charge in [0.1, 0.15) is 6.61 Å². The molecule has 2 aromatic rings. The van der Waals surface area contributed by atoms with Crippen molar-refractivity contribution in [3.05, 3.63) is 45.6 Å². The summed E-state index contributed by atoms with van der Waals surface area (Å²) in [5.41, 5.74) is 1.35. The van der Waals surface area contributed by atoms with E-state index in [0.29, 0.717) is 37.7 Å². The highest BCUT2D eigenvalue weighted by molar-refractivity contribution is 7.14. The average Bonchev–Trinajstić information content (AvgIpc) is 3.22. The van der Waals surface area contributed by atoms with Gasteiger partial charge in [-0.25, -0.2) is 0 Å². The molecule has 0 N–H and O–H groups in total. The lowest BCUT2D eigenvalue weighted by atomic mass is 9.99. The van der Waals surface area contributed by atoms with Crippen LogP contribution < -0.4 is 9.47 Å². The fraction of sp³-hybridized carbons (Fsp3) is 0.455. The summed E-state index contributed by atoms with van der Waals surface area (Å²) >= 11 is 1.65. The first-order chi connectivity index (χ1) is 14.2. The smallest absolute Gasteiger partial charge is 0.267 e. The van der Waals surface area contributed by atoms with E-state index in [4.69, 9.17) is 9.47 Å². The Morgan fingerprint density at radius 3 is 2.48 bits per heavy atom. The molecule has 6 nitrogen and oxygen atoms in total. The van der Waals surface area contributed by atoms with Gasteiger partial charge in [0.05, 0.1) is 4.88 Å². The van der Waals surface area contributed by atoms with E-state index >= 15 is 0 Å². The summed E-state index contributed by atoms with van der Waals surface area (Å²) in [4.78, 5) is 31.7. The van der Waals surface area contributed by atoms with Crippen LogP contribution in [0.2, 0.25) is 0 Å². The number of amides is 2. The van der Waals surface area contributed by atoms with Crippen LogP contribution in [-0.2, 0) is 17.6 Å². The fourth-order valence-electron chi connectivity index (χ4n) is 4.23. The fourth-order valence-corrected chi connectivity index (χ4v) is 5.45. The van der Waals surface area contributed by atoms with Gasteiger partial charge in [0.25, 0.3) is 11.8 Å². The van der Waals surface area contributed by atoms with E-state index in [1.165, 1.54) is 23.3 Å². The monoisotopic (exact) mass is 412 g/mol. The van der Waals surface area contributed by atoms with Crippen LogP contribution >= 0.6 is 11.3 Å². The molecule has 0 radical (unpaired) electrons. The van der Waals surface area contributed by atoms with Gasteiger partial charge < -0.3 is 19.3 Å². The number of hydrogen-bond acceptors (Lipinski definition) is 5. The predicted octanol–water partition coefficient (Wildman–Crippen LogP) is 2.75. The summed E-state index contributed by atoms with van der Waals surface area (Å²) in [6, 6.07) is 9.48. The molecule has 1 aromatic carbocycles. The second-order valence-corrected chi connectivity index (χ2v) is 8.88. The molecule has 3 aliphatic rings. The topological polar surface area (TPSA) is 59.1 Å². The molecule has 1 saturated heterocycles. The van der Waals surface area contributed by atoms with Crippen molar-refractivity contribution in [1.29, 1.82) is 0 Å². The lowest BCUT2D eigenvalue weighted by Gasteiger charge is -2.37. The van der Waals surface area contributed by atoms with Crippen LogP contribution in [0.1, 0.15) is 33.0 Å². The molecular weight excluding hydrogens is 388 g/mol. The standard InChI is InChI=1S/C22H24N2O4S/c25-21(18-14-27-16-6-2-3-7-17(16)28-18)23-9-11-24(12-10-23)22(26)20-13-15-5-1-4-8-19(15)29-20/h2-3,6-7,13,18H,1,4-5,8-12,14H2/t18-/m1/s1. The van der Waals surface area contributed by atoms with E-state index in [1.54, 1.807) is 16.2 Å². The number of rotatable bonds is 2. The Hall–Kier alpha value is -2.54. The first-order valence-corrected chi connectivity index (χ1v) is 11.1. The summed E-state index contributed by atoms with van der Waals surface area (Å²) in [6.45, 7) is 2.37. The lowest BCUT2D eigenvalue weighted by molar-refractivity contribution is -0.142. The largest absolute Gasteiger partial charge is 0.485 e. The van der Waals surface area contributed by atoms with Crippen molar-refractivity contribution in [3.63, 3.8) is 0 Å². The number of ether oxygens (including phenoxy) is 2. The number of benzene rings is 1. The zero-order chi connectivity index (χ0) is 19.8. The van der Waals surface area contributed by atoms with Crippen molar-refractivity contribution >= 4 is 23.2 Å². The molecule has 1 aliphatic carbocycles. The zero-order valence-corrected chi connectivity index (χ0v) is 17.1. The average molecular weight is 413 g/mol. The highest BCUT2D eigenvalue weighted by atomic mass is 32.1. The summed E-state index contributed by atoms with van der Waals surface area (Å²) in [6.07, 6.45) is 4.00. The third-order valence-electron chi connectivity index (χ3n) is 5.87. The highest BCUT2D eigenvalue weighted by Gasteiger charge is 2.34. The molecule has 1 aromatic heterocycles. The number of carbonyl (C=O) groups is 2. The first kappa shape index (κ1) is 18.5. The number of para-hydroxylation sites is 2. The minimum absolute atomic E-state index is 0.0711. The molecule has 29 heavy (non-hydrogen) atoms. The number of carbonyl (C=O) groups excluding carboxylic acids is 2. The van der Waals surface area contributed by atoms with Crippen molar-refractivity contribution in [2.24, 2.45) is 0 Å². The Morgan fingerprint density at radius 1 is 0.966 bits per heavy atom. The number of hydrogen-bond donors (Lipinski definition) is 0. The van der Waals surface area contributed by atoms with Crippen molar-refractivity contribution in [2.45, 2.75) is 31.8 Å². The molecular formula is C22H24N2O4S. The number of nitrogens with zero attached hydrogens (tertiary/aromatic N) is 2. The number of fused-ring (bicyclic) bond motifs is 2. The van der Waals surface area contributed by atoms with E-state index in [2.05, 4.69) is 6.07 Å². The maximum absolute atomic E-state index is 12.9. The number of thiophene rings is 1. The lowest BCUT2D eigenvalue weighted by Crippen LogP contribution is -2.55. The summed E-state index contributed by atoms with van der Waals surface area (Å²) < 4.78 is 11.5. The van der Waals surface area contributed by atoms with E-state index < -0.39 is 6.10 Å². The summed E-state index contributed by atoms with van der Waals surface area (Å²) in [5, 5.41) is 0. The van der Waals surface area contributed by atoms with Gasteiger partial charge in [0.15, 0.2) is 11.5 Å². The Balaban J connectivity index is 1.19. The zero-order valence-electron chi connectivity index (χ0n) is 16.3. The van der Waals surface area contributed by atoms with E-state index in [0.717, 1.165) is 17.7 Å². The van der Waals surface area contributed by atoms with Gasteiger partial charge in [-0.3, -0.25) is 9.59 Å². The van der Waals surface area contributed by atoms with Gasteiger partial charge in [0.2, 0.25) is 6.10 Å². The van der Waals surface area contributed by atoms with Crippen molar-refractivity contribution < 1.29 is 19.1 Å². The molecule has 2 amide bonds.